The summed E-state index contributed by atoms with van der Waals surface area (Å²) in [5.74, 6) is -1.66. The van der Waals surface area contributed by atoms with Gasteiger partial charge in [-0.25, -0.2) is 4.39 Å². The molecule has 1 unspecified atom stereocenters. The van der Waals surface area contributed by atoms with Gasteiger partial charge in [-0.3, -0.25) is 14.2 Å². The fourth-order valence-corrected chi connectivity index (χ4v) is 3.89. The number of aromatic nitrogens is 3. The van der Waals surface area contributed by atoms with E-state index in [2.05, 4.69) is 10.2 Å². The Morgan fingerprint density at radius 3 is 2.73 bits per heavy atom. The van der Waals surface area contributed by atoms with Crippen molar-refractivity contribution in [3.05, 3.63) is 70.8 Å². The highest BCUT2D eigenvalue weighted by Crippen LogP contribution is 2.25. The van der Waals surface area contributed by atoms with Crippen molar-refractivity contribution in [2.24, 2.45) is 5.73 Å². The first-order chi connectivity index (χ1) is 14.3. The van der Waals surface area contributed by atoms with Crippen LogP contribution in [0.4, 0.5) is 4.39 Å². The first-order valence-corrected chi connectivity index (χ1v) is 10.2. The van der Waals surface area contributed by atoms with E-state index in [0.717, 1.165) is 23.0 Å². The molecule has 0 radical (unpaired) electrons. The molecule has 0 aliphatic heterocycles. The molecule has 0 aliphatic carbocycles. The maximum Gasteiger partial charge on any atom is 0.244 e. The molecule has 156 valence electrons. The summed E-state index contributed by atoms with van der Waals surface area (Å²) in [6, 6.07) is 9.90. The lowest BCUT2D eigenvalue weighted by molar-refractivity contribution is -0.136. The normalized spacial score (nSPS) is 11.9. The largest absolute Gasteiger partial charge is 0.368 e. The van der Waals surface area contributed by atoms with E-state index in [0.29, 0.717) is 15.7 Å². The molecule has 1 aromatic heterocycles. The number of likely N-dealkylation sites (N-methyl/N-ethyl adjacent to an activating group) is 1. The number of rotatable bonds is 7. The van der Waals surface area contributed by atoms with Crippen LogP contribution in [0.1, 0.15) is 17.2 Å². The van der Waals surface area contributed by atoms with Gasteiger partial charge in [0.1, 0.15) is 18.2 Å². The van der Waals surface area contributed by atoms with Crippen LogP contribution in [0.5, 0.6) is 0 Å². The molecule has 3 aromatic rings. The van der Waals surface area contributed by atoms with Gasteiger partial charge >= 0.3 is 0 Å². The zero-order chi connectivity index (χ0) is 21.8. The van der Waals surface area contributed by atoms with Crippen LogP contribution in [0.15, 0.2) is 53.9 Å². The Bertz CT molecular complexity index is 1090. The molecule has 0 spiro atoms. The Morgan fingerprint density at radius 2 is 2.07 bits per heavy atom. The molecule has 10 heteroatoms. The van der Waals surface area contributed by atoms with Crippen molar-refractivity contribution < 1.29 is 14.0 Å². The Balaban J connectivity index is 1.74. The maximum atomic E-state index is 13.6. The standard InChI is InChI=1S/C20H19ClFN5O2S/c1-12-6-7-15(9-16(12)21)27-11-24-25-20(27)30-10-17(28)26(2)18(19(23)29)13-4-3-5-14(22)8-13/h3-9,11,18H,10H2,1-2H3,(H2,23,29). The van der Waals surface area contributed by atoms with Crippen LogP contribution in [0.25, 0.3) is 5.69 Å². The van der Waals surface area contributed by atoms with E-state index in [1.807, 2.05) is 19.1 Å². The van der Waals surface area contributed by atoms with E-state index in [1.54, 1.807) is 16.7 Å². The zero-order valence-corrected chi connectivity index (χ0v) is 17.8. The second-order valence-electron chi connectivity index (χ2n) is 6.57. The van der Waals surface area contributed by atoms with Gasteiger partial charge in [-0.15, -0.1) is 10.2 Å². The number of aryl methyl sites for hydroxylation is 1. The van der Waals surface area contributed by atoms with Crippen LogP contribution in [0.2, 0.25) is 5.02 Å². The number of nitrogens with zero attached hydrogens (tertiary/aromatic N) is 4. The first kappa shape index (κ1) is 21.8. The molecule has 0 saturated carbocycles. The lowest BCUT2D eigenvalue weighted by atomic mass is 10.0. The van der Waals surface area contributed by atoms with Crippen molar-refractivity contribution in [3.8, 4) is 5.69 Å². The van der Waals surface area contributed by atoms with Crippen molar-refractivity contribution in [3.63, 3.8) is 0 Å². The van der Waals surface area contributed by atoms with Crippen LogP contribution in [0.3, 0.4) is 0 Å². The van der Waals surface area contributed by atoms with Crippen molar-refractivity contribution in [2.75, 3.05) is 12.8 Å². The average Bonchev–Trinajstić information content (AvgIpc) is 3.16. The number of carbonyl (C=O) groups excluding carboxylic acids is 2. The van der Waals surface area contributed by atoms with E-state index in [-0.39, 0.29) is 11.7 Å². The molecular weight excluding hydrogens is 429 g/mol. The number of halogens is 2. The molecule has 0 bridgehead atoms. The van der Waals surface area contributed by atoms with Gasteiger partial charge < -0.3 is 10.6 Å². The monoisotopic (exact) mass is 447 g/mol. The number of hydrogen-bond donors (Lipinski definition) is 1. The number of amides is 2. The molecule has 1 heterocycles. The highest BCUT2D eigenvalue weighted by atomic mass is 35.5. The van der Waals surface area contributed by atoms with Gasteiger partial charge in [-0.2, -0.15) is 0 Å². The number of hydrogen-bond acceptors (Lipinski definition) is 5. The van der Waals surface area contributed by atoms with Crippen molar-refractivity contribution >= 4 is 35.2 Å². The molecule has 7 nitrogen and oxygen atoms in total. The van der Waals surface area contributed by atoms with Crippen LogP contribution in [-0.4, -0.2) is 44.3 Å². The molecule has 1 atom stereocenters. The van der Waals surface area contributed by atoms with Crippen LogP contribution in [0, 0.1) is 12.7 Å². The summed E-state index contributed by atoms with van der Waals surface area (Å²) in [6.07, 6.45) is 1.52. The summed E-state index contributed by atoms with van der Waals surface area (Å²) in [6.45, 7) is 1.90. The molecule has 2 N–H and O–H groups in total. The third kappa shape index (κ3) is 4.80. The fraction of sp³-hybridized carbons (Fsp3) is 0.200. The fourth-order valence-electron chi connectivity index (χ4n) is 2.86. The van der Waals surface area contributed by atoms with Crippen LogP contribution in [-0.2, 0) is 9.59 Å². The third-order valence-corrected chi connectivity index (χ3v) is 5.82. The van der Waals surface area contributed by atoms with Gasteiger partial charge in [-0.1, -0.05) is 41.6 Å². The van der Waals surface area contributed by atoms with E-state index < -0.39 is 17.8 Å². The predicted octanol–water partition coefficient (Wildman–Crippen LogP) is 3.15. The minimum absolute atomic E-state index is 0.0200. The summed E-state index contributed by atoms with van der Waals surface area (Å²) < 4.78 is 15.3. The van der Waals surface area contributed by atoms with Crippen molar-refractivity contribution in [1.82, 2.24) is 19.7 Å². The van der Waals surface area contributed by atoms with E-state index in [4.69, 9.17) is 17.3 Å². The topological polar surface area (TPSA) is 94.1 Å². The van der Waals surface area contributed by atoms with Gasteiger partial charge in [0.15, 0.2) is 5.16 Å². The highest BCUT2D eigenvalue weighted by Gasteiger charge is 2.27. The minimum Gasteiger partial charge on any atom is -0.368 e. The van der Waals surface area contributed by atoms with Gasteiger partial charge in [-0.05, 0) is 42.3 Å². The molecule has 30 heavy (non-hydrogen) atoms. The second-order valence-corrected chi connectivity index (χ2v) is 7.92. The number of carbonyl (C=O) groups is 2. The molecule has 0 saturated heterocycles. The van der Waals surface area contributed by atoms with Gasteiger partial charge in [0.2, 0.25) is 11.8 Å². The van der Waals surface area contributed by atoms with E-state index in [9.17, 15) is 14.0 Å². The highest BCUT2D eigenvalue weighted by molar-refractivity contribution is 7.99. The summed E-state index contributed by atoms with van der Waals surface area (Å²) in [4.78, 5) is 25.9. The number of primary amides is 1. The molecule has 3 rings (SSSR count). The van der Waals surface area contributed by atoms with E-state index >= 15 is 0 Å². The molecule has 0 aliphatic rings. The quantitative estimate of drug-likeness (QED) is 0.561. The SMILES string of the molecule is Cc1ccc(-n2cnnc2SCC(=O)N(C)C(C(N)=O)c2cccc(F)c2)cc1Cl. The van der Waals surface area contributed by atoms with E-state index in [1.165, 1.54) is 36.5 Å². The summed E-state index contributed by atoms with van der Waals surface area (Å²) in [7, 11) is 1.45. The van der Waals surface area contributed by atoms with Crippen LogP contribution < -0.4 is 5.73 Å². The first-order valence-electron chi connectivity index (χ1n) is 8.87. The Hall–Kier alpha value is -2.91. The lowest BCUT2D eigenvalue weighted by Crippen LogP contribution is -2.40. The van der Waals surface area contributed by atoms with Gasteiger partial charge in [0.05, 0.1) is 11.4 Å². The summed E-state index contributed by atoms with van der Waals surface area (Å²) in [5, 5.41) is 9.04. The molecular formula is C20H19ClFN5O2S. The van der Waals surface area contributed by atoms with Crippen molar-refractivity contribution in [1.29, 1.82) is 0 Å². The lowest BCUT2D eigenvalue weighted by Gasteiger charge is -2.26. The number of benzene rings is 2. The van der Waals surface area contributed by atoms with Gasteiger partial charge in [0, 0.05) is 12.1 Å². The van der Waals surface area contributed by atoms with Crippen molar-refractivity contribution in [2.45, 2.75) is 18.1 Å². The Labute approximate surface area is 182 Å². The second kappa shape index (κ2) is 9.27. The molecule has 0 fully saturated rings. The minimum atomic E-state index is -1.08. The number of thioether (sulfide) groups is 1. The third-order valence-electron chi connectivity index (χ3n) is 4.49. The maximum absolute atomic E-state index is 13.6. The predicted molar refractivity (Wildman–Crippen MR) is 113 cm³/mol. The molecule has 2 aromatic carbocycles. The van der Waals surface area contributed by atoms with Gasteiger partial charge in [0.25, 0.3) is 0 Å². The summed E-state index contributed by atoms with van der Waals surface area (Å²) >= 11 is 7.35. The smallest absolute Gasteiger partial charge is 0.244 e. The Kier molecular flexibility index (Phi) is 6.73. The molecule has 2 amide bonds. The zero-order valence-electron chi connectivity index (χ0n) is 16.3. The summed E-state index contributed by atoms with van der Waals surface area (Å²) in [5.41, 5.74) is 7.48. The Morgan fingerprint density at radius 1 is 1.30 bits per heavy atom. The number of nitrogens with two attached hydrogens (primary N) is 1. The average molecular weight is 448 g/mol. The van der Waals surface area contributed by atoms with Crippen LogP contribution >= 0.6 is 23.4 Å².